The molecule has 1 N–H and O–H groups in total. The molecule has 25 heavy (non-hydrogen) atoms. The zero-order valence-corrected chi connectivity index (χ0v) is 16.2. The van der Waals surface area contributed by atoms with Gasteiger partial charge >= 0.3 is 0 Å². The van der Waals surface area contributed by atoms with Crippen molar-refractivity contribution in [2.24, 2.45) is 7.05 Å². The van der Waals surface area contributed by atoms with Crippen LogP contribution in [0.2, 0.25) is 0 Å². The Morgan fingerprint density at radius 1 is 1.28 bits per heavy atom. The number of hydrogen-bond acceptors (Lipinski definition) is 6. The molecule has 3 aromatic rings. The number of aromatic nitrogens is 4. The zero-order chi connectivity index (χ0) is 18.0. The summed E-state index contributed by atoms with van der Waals surface area (Å²) in [5, 5.41) is 13.9. The van der Waals surface area contributed by atoms with Gasteiger partial charge < -0.3 is 9.88 Å². The van der Waals surface area contributed by atoms with E-state index in [1.54, 1.807) is 10.9 Å². The quantitative estimate of drug-likeness (QED) is 0.692. The van der Waals surface area contributed by atoms with Gasteiger partial charge in [0.1, 0.15) is 6.33 Å². The van der Waals surface area contributed by atoms with E-state index >= 15 is 0 Å². The largest absolute Gasteiger partial charge is 0.312 e. The monoisotopic (exact) mass is 373 g/mol. The molecule has 0 atom stereocenters. The van der Waals surface area contributed by atoms with Gasteiger partial charge in [0.15, 0.2) is 10.3 Å². The summed E-state index contributed by atoms with van der Waals surface area (Å²) in [6.07, 6.45) is 1.61. The van der Waals surface area contributed by atoms with Crippen LogP contribution in [0.5, 0.6) is 0 Å². The Labute approximate surface area is 154 Å². The third kappa shape index (κ3) is 4.08. The Hall–Kier alpha value is -2.19. The minimum Gasteiger partial charge on any atom is -0.312 e. The van der Waals surface area contributed by atoms with E-state index in [2.05, 4.69) is 53.4 Å². The Bertz CT molecular complexity index is 892. The lowest BCUT2D eigenvalue weighted by atomic mass is 9.98. The van der Waals surface area contributed by atoms with Crippen molar-refractivity contribution in [2.45, 2.75) is 25.9 Å². The van der Waals surface area contributed by atoms with Gasteiger partial charge in [-0.05, 0) is 31.9 Å². The Kier molecular flexibility index (Phi) is 5.19. The summed E-state index contributed by atoms with van der Waals surface area (Å²) in [6, 6.07) is 4.30. The van der Waals surface area contributed by atoms with Crippen molar-refractivity contribution in [2.75, 3.05) is 11.1 Å². The molecule has 0 bridgehead atoms. The van der Waals surface area contributed by atoms with E-state index in [1.807, 2.05) is 12.4 Å². The molecule has 6 nitrogen and oxygen atoms in total. The molecule has 0 fully saturated rings. The first-order valence-electron chi connectivity index (χ1n) is 7.74. The van der Waals surface area contributed by atoms with Crippen molar-refractivity contribution in [1.29, 1.82) is 0 Å². The number of benzene rings is 1. The van der Waals surface area contributed by atoms with Crippen molar-refractivity contribution in [1.82, 2.24) is 19.7 Å². The Balaban J connectivity index is 1.68. The third-order valence-corrected chi connectivity index (χ3v) is 5.48. The molecule has 8 heteroatoms. The number of nitrogens with one attached hydrogen (secondary N) is 1. The first kappa shape index (κ1) is 17.6. The van der Waals surface area contributed by atoms with Crippen molar-refractivity contribution < 1.29 is 4.79 Å². The molecule has 0 aliphatic carbocycles. The number of carbonyl (C=O) groups is 1. The molecule has 0 saturated heterocycles. The Morgan fingerprint density at radius 3 is 2.64 bits per heavy atom. The second kappa shape index (κ2) is 7.37. The topological polar surface area (TPSA) is 72.7 Å². The maximum Gasteiger partial charge on any atom is 0.236 e. The maximum absolute atomic E-state index is 12.1. The lowest BCUT2D eigenvalue weighted by Crippen LogP contribution is -2.14. The number of carbonyl (C=O) groups excluding carboxylic acids is 1. The van der Waals surface area contributed by atoms with Crippen molar-refractivity contribution in [3.8, 4) is 11.3 Å². The van der Waals surface area contributed by atoms with Crippen LogP contribution in [0.4, 0.5) is 5.13 Å². The van der Waals surface area contributed by atoms with E-state index in [1.165, 1.54) is 39.8 Å². The van der Waals surface area contributed by atoms with Crippen LogP contribution >= 0.6 is 23.1 Å². The standard InChI is InChI=1S/C17H19N5OS2/c1-10-5-11(2)15(12(3)6-10)13-7-24-16(19-13)20-14(23)8-25-17-21-18-9-22(17)4/h5-7,9H,8H2,1-4H3,(H,19,20,23). The molecular weight excluding hydrogens is 354 g/mol. The molecule has 3 rings (SSSR count). The molecule has 0 radical (unpaired) electrons. The number of rotatable bonds is 5. The summed E-state index contributed by atoms with van der Waals surface area (Å²) < 4.78 is 1.78. The van der Waals surface area contributed by atoms with Crippen LogP contribution in [-0.2, 0) is 11.8 Å². The number of hydrogen-bond donors (Lipinski definition) is 1. The van der Waals surface area contributed by atoms with Crippen molar-refractivity contribution in [3.63, 3.8) is 0 Å². The summed E-state index contributed by atoms with van der Waals surface area (Å²) in [5.41, 5.74) is 5.66. The van der Waals surface area contributed by atoms with Crippen molar-refractivity contribution in [3.05, 3.63) is 40.5 Å². The highest BCUT2D eigenvalue weighted by Crippen LogP contribution is 2.31. The van der Waals surface area contributed by atoms with Crippen LogP contribution in [0.25, 0.3) is 11.3 Å². The first-order chi connectivity index (χ1) is 11.9. The third-order valence-electron chi connectivity index (χ3n) is 3.69. The van der Waals surface area contributed by atoms with Crippen LogP contribution in [0.15, 0.2) is 29.0 Å². The van der Waals surface area contributed by atoms with Gasteiger partial charge in [-0.2, -0.15) is 0 Å². The summed E-state index contributed by atoms with van der Waals surface area (Å²) in [4.78, 5) is 16.7. The maximum atomic E-state index is 12.1. The number of amides is 1. The minimum absolute atomic E-state index is 0.105. The fourth-order valence-electron chi connectivity index (χ4n) is 2.72. The molecule has 0 saturated carbocycles. The molecule has 0 aliphatic heterocycles. The fraction of sp³-hybridized carbons (Fsp3) is 0.294. The molecule has 1 amide bonds. The van der Waals surface area contributed by atoms with Crippen LogP contribution in [0.1, 0.15) is 16.7 Å². The van der Waals surface area contributed by atoms with Crippen molar-refractivity contribution >= 4 is 34.1 Å². The van der Waals surface area contributed by atoms with Gasteiger partial charge in [0.2, 0.25) is 5.91 Å². The van der Waals surface area contributed by atoms with E-state index in [4.69, 9.17) is 0 Å². The molecule has 0 aliphatic rings. The first-order valence-corrected chi connectivity index (χ1v) is 9.61. The highest BCUT2D eigenvalue weighted by Gasteiger charge is 2.13. The van der Waals surface area contributed by atoms with E-state index in [-0.39, 0.29) is 11.7 Å². The fourth-order valence-corrected chi connectivity index (χ4v) is 4.12. The number of thioether (sulfide) groups is 1. The van der Waals surface area contributed by atoms with Crippen LogP contribution < -0.4 is 5.32 Å². The highest BCUT2D eigenvalue weighted by atomic mass is 32.2. The lowest BCUT2D eigenvalue weighted by molar-refractivity contribution is -0.113. The van der Waals surface area contributed by atoms with Gasteiger partial charge in [0, 0.05) is 18.0 Å². The van der Waals surface area contributed by atoms with E-state index < -0.39 is 0 Å². The predicted octanol–water partition coefficient (Wildman–Crippen LogP) is 3.59. The summed E-state index contributed by atoms with van der Waals surface area (Å²) in [5.74, 6) is 0.163. The minimum atomic E-state index is -0.105. The second-order valence-electron chi connectivity index (χ2n) is 5.87. The number of anilines is 1. The summed E-state index contributed by atoms with van der Waals surface area (Å²) in [7, 11) is 1.85. The van der Waals surface area contributed by atoms with Gasteiger partial charge in [-0.25, -0.2) is 4.98 Å². The lowest BCUT2D eigenvalue weighted by Gasteiger charge is -2.08. The average molecular weight is 374 g/mol. The van der Waals surface area contributed by atoms with Crippen LogP contribution in [0, 0.1) is 20.8 Å². The summed E-state index contributed by atoms with van der Waals surface area (Å²) >= 11 is 2.78. The number of nitrogens with zero attached hydrogens (tertiary/aromatic N) is 4. The molecular formula is C17H19N5OS2. The normalized spacial score (nSPS) is 10.9. The number of thiazole rings is 1. The van der Waals surface area contributed by atoms with Gasteiger partial charge in [0.05, 0.1) is 11.4 Å². The van der Waals surface area contributed by atoms with E-state index in [9.17, 15) is 4.79 Å². The van der Waals surface area contributed by atoms with Crippen LogP contribution in [0.3, 0.4) is 0 Å². The second-order valence-corrected chi connectivity index (χ2v) is 7.67. The smallest absolute Gasteiger partial charge is 0.236 e. The molecule has 0 spiro atoms. The van der Waals surface area contributed by atoms with Gasteiger partial charge in [-0.1, -0.05) is 29.5 Å². The SMILES string of the molecule is Cc1cc(C)c(-c2csc(NC(=O)CSc3nncn3C)n2)c(C)c1. The zero-order valence-electron chi connectivity index (χ0n) is 14.5. The van der Waals surface area contributed by atoms with E-state index in [0.29, 0.717) is 10.3 Å². The van der Waals surface area contributed by atoms with E-state index in [0.717, 1.165) is 11.3 Å². The molecule has 2 heterocycles. The molecule has 130 valence electrons. The predicted molar refractivity (Wildman–Crippen MR) is 102 cm³/mol. The van der Waals surface area contributed by atoms with Gasteiger partial charge in [-0.3, -0.25) is 4.79 Å². The molecule has 1 aromatic carbocycles. The van der Waals surface area contributed by atoms with Crippen LogP contribution in [-0.4, -0.2) is 31.4 Å². The molecule has 0 unspecified atom stereocenters. The summed E-state index contributed by atoms with van der Waals surface area (Å²) in [6.45, 7) is 6.26. The van der Waals surface area contributed by atoms with Gasteiger partial charge in [-0.15, -0.1) is 21.5 Å². The Morgan fingerprint density at radius 2 is 2.00 bits per heavy atom. The highest BCUT2D eigenvalue weighted by molar-refractivity contribution is 7.99. The average Bonchev–Trinajstić information content (AvgIpc) is 3.13. The number of aryl methyl sites for hydroxylation is 4. The molecule has 2 aromatic heterocycles. The van der Waals surface area contributed by atoms with Gasteiger partial charge in [0.25, 0.3) is 0 Å².